The van der Waals surface area contributed by atoms with Crippen LogP contribution >= 0.6 is 0 Å². The van der Waals surface area contributed by atoms with Crippen LogP contribution in [0.15, 0.2) is 59.8 Å². The second kappa shape index (κ2) is 7.10. The second-order valence-electron chi connectivity index (χ2n) is 5.55. The highest BCUT2D eigenvalue weighted by Gasteiger charge is 2.37. The van der Waals surface area contributed by atoms with Crippen molar-refractivity contribution in [2.24, 2.45) is 0 Å². The number of aromatic nitrogens is 1. The summed E-state index contributed by atoms with van der Waals surface area (Å²) >= 11 is 0. The normalized spacial score (nSPS) is 14.8. The molecule has 6 heteroatoms. The van der Waals surface area contributed by atoms with Crippen LogP contribution in [0, 0.1) is 0 Å². The van der Waals surface area contributed by atoms with E-state index < -0.39 is 10.0 Å². The van der Waals surface area contributed by atoms with Gasteiger partial charge in [-0.1, -0.05) is 18.2 Å². The summed E-state index contributed by atoms with van der Waals surface area (Å²) in [6.45, 7) is 0.963. The SMILES string of the molecule is O=S(=O)(c1cccnc1)N(CCCOc1ccccc1)C1CC1. The van der Waals surface area contributed by atoms with Gasteiger partial charge < -0.3 is 4.74 Å². The number of nitrogens with zero attached hydrogens (tertiary/aromatic N) is 2. The lowest BCUT2D eigenvalue weighted by molar-refractivity contribution is 0.286. The number of pyridine rings is 1. The summed E-state index contributed by atoms with van der Waals surface area (Å²) in [5, 5.41) is 0. The van der Waals surface area contributed by atoms with Crippen molar-refractivity contribution in [1.29, 1.82) is 0 Å². The molecule has 1 saturated carbocycles. The van der Waals surface area contributed by atoms with Crippen LogP contribution in [-0.2, 0) is 10.0 Å². The van der Waals surface area contributed by atoms with Crippen molar-refractivity contribution in [2.45, 2.75) is 30.2 Å². The van der Waals surface area contributed by atoms with E-state index in [0.29, 0.717) is 19.6 Å². The molecule has 122 valence electrons. The second-order valence-corrected chi connectivity index (χ2v) is 7.44. The monoisotopic (exact) mass is 332 g/mol. The maximum Gasteiger partial charge on any atom is 0.244 e. The molecule has 0 atom stereocenters. The smallest absolute Gasteiger partial charge is 0.244 e. The first-order valence-corrected chi connectivity index (χ1v) is 9.21. The molecule has 1 aromatic carbocycles. The van der Waals surface area contributed by atoms with Gasteiger partial charge in [0.25, 0.3) is 0 Å². The Labute approximate surface area is 137 Å². The number of benzene rings is 1. The maximum absolute atomic E-state index is 12.7. The fourth-order valence-corrected chi connectivity index (χ4v) is 4.11. The molecule has 3 rings (SSSR count). The minimum atomic E-state index is -3.47. The van der Waals surface area contributed by atoms with Gasteiger partial charge in [-0.2, -0.15) is 4.31 Å². The molecule has 0 amide bonds. The van der Waals surface area contributed by atoms with Gasteiger partial charge in [-0.3, -0.25) is 4.98 Å². The first-order valence-electron chi connectivity index (χ1n) is 7.77. The summed E-state index contributed by atoms with van der Waals surface area (Å²) in [5.41, 5.74) is 0. The standard InChI is InChI=1S/C17H20N2O3S/c20-23(21,17-8-4-11-18-14-17)19(15-9-10-15)12-5-13-22-16-6-2-1-3-7-16/h1-4,6-8,11,14-15H,5,9-10,12-13H2. The molecule has 0 spiro atoms. The first-order chi connectivity index (χ1) is 11.2. The summed E-state index contributed by atoms with van der Waals surface area (Å²) in [5.74, 6) is 0.806. The van der Waals surface area contributed by atoms with Crippen LogP contribution in [0.5, 0.6) is 5.75 Å². The molecule has 0 bridgehead atoms. The molecule has 1 heterocycles. The predicted molar refractivity (Wildman–Crippen MR) is 87.7 cm³/mol. The molecule has 0 aliphatic heterocycles. The third-order valence-electron chi connectivity index (χ3n) is 3.73. The maximum atomic E-state index is 12.7. The summed E-state index contributed by atoms with van der Waals surface area (Å²) in [4.78, 5) is 4.18. The summed E-state index contributed by atoms with van der Waals surface area (Å²) < 4.78 is 32.7. The first kappa shape index (κ1) is 16.0. The van der Waals surface area contributed by atoms with Crippen LogP contribution in [0.1, 0.15) is 19.3 Å². The molecular weight excluding hydrogens is 312 g/mol. The van der Waals surface area contributed by atoms with Gasteiger partial charge >= 0.3 is 0 Å². The molecule has 1 aliphatic carbocycles. The summed E-state index contributed by atoms with van der Waals surface area (Å²) in [6.07, 6.45) is 5.50. The van der Waals surface area contributed by atoms with Gasteiger partial charge in [0.05, 0.1) is 6.61 Å². The van der Waals surface area contributed by atoms with Crippen molar-refractivity contribution in [3.05, 3.63) is 54.9 Å². The Hall–Kier alpha value is -1.92. The van der Waals surface area contributed by atoms with E-state index in [1.807, 2.05) is 30.3 Å². The van der Waals surface area contributed by atoms with Crippen LogP contribution in [0.3, 0.4) is 0 Å². The molecule has 2 aromatic rings. The predicted octanol–water partition coefficient (Wildman–Crippen LogP) is 2.70. The van der Waals surface area contributed by atoms with Crippen molar-refractivity contribution in [2.75, 3.05) is 13.2 Å². The van der Waals surface area contributed by atoms with Crippen LogP contribution in [0.25, 0.3) is 0 Å². The van der Waals surface area contributed by atoms with Gasteiger partial charge in [0.1, 0.15) is 10.6 Å². The van der Waals surface area contributed by atoms with E-state index in [-0.39, 0.29) is 10.9 Å². The number of para-hydroxylation sites is 1. The van der Waals surface area contributed by atoms with Crippen LogP contribution < -0.4 is 4.74 Å². The van der Waals surface area contributed by atoms with Crippen molar-refractivity contribution < 1.29 is 13.2 Å². The molecule has 1 aliphatic rings. The lowest BCUT2D eigenvalue weighted by Gasteiger charge is -2.21. The molecule has 5 nitrogen and oxygen atoms in total. The van der Waals surface area contributed by atoms with Crippen LogP contribution in [-0.4, -0.2) is 36.9 Å². The summed E-state index contributed by atoms with van der Waals surface area (Å²) in [7, 11) is -3.47. The van der Waals surface area contributed by atoms with Crippen molar-refractivity contribution in [1.82, 2.24) is 9.29 Å². The number of sulfonamides is 1. The van der Waals surface area contributed by atoms with E-state index in [1.165, 1.54) is 6.20 Å². The van der Waals surface area contributed by atoms with E-state index in [1.54, 1.807) is 22.6 Å². The van der Waals surface area contributed by atoms with Gasteiger partial charge in [-0.05, 0) is 43.5 Å². The van der Waals surface area contributed by atoms with Gasteiger partial charge in [-0.25, -0.2) is 8.42 Å². The Bertz CT molecular complexity index is 716. The highest BCUT2D eigenvalue weighted by atomic mass is 32.2. The number of rotatable bonds is 8. The van der Waals surface area contributed by atoms with Gasteiger partial charge in [0, 0.05) is 25.0 Å². The third kappa shape index (κ3) is 4.09. The number of hydrogen-bond acceptors (Lipinski definition) is 4. The lowest BCUT2D eigenvalue weighted by Crippen LogP contribution is -2.34. The van der Waals surface area contributed by atoms with E-state index in [4.69, 9.17) is 4.74 Å². The highest BCUT2D eigenvalue weighted by molar-refractivity contribution is 7.89. The average molecular weight is 332 g/mol. The highest BCUT2D eigenvalue weighted by Crippen LogP contribution is 2.31. The van der Waals surface area contributed by atoms with E-state index >= 15 is 0 Å². The van der Waals surface area contributed by atoms with Crippen molar-refractivity contribution >= 4 is 10.0 Å². The molecule has 23 heavy (non-hydrogen) atoms. The zero-order chi connectivity index (χ0) is 16.1. The molecule has 0 unspecified atom stereocenters. The molecule has 0 saturated heterocycles. The molecule has 1 aromatic heterocycles. The molecule has 1 fully saturated rings. The zero-order valence-corrected chi connectivity index (χ0v) is 13.7. The Morgan fingerprint density at radius 2 is 1.91 bits per heavy atom. The van der Waals surface area contributed by atoms with E-state index in [9.17, 15) is 8.42 Å². The quantitative estimate of drug-likeness (QED) is 0.697. The fraction of sp³-hybridized carbons (Fsp3) is 0.353. The minimum absolute atomic E-state index is 0.122. The minimum Gasteiger partial charge on any atom is -0.494 e. The molecule has 0 radical (unpaired) electrons. The van der Waals surface area contributed by atoms with Crippen LogP contribution in [0.2, 0.25) is 0 Å². The van der Waals surface area contributed by atoms with Crippen molar-refractivity contribution in [3.63, 3.8) is 0 Å². The van der Waals surface area contributed by atoms with Gasteiger partial charge in [-0.15, -0.1) is 0 Å². The van der Waals surface area contributed by atoms with Gasteiger partial charge in [0.2, 0.25) is 10.0 Å². The molecular formula is C17H20N2O3S. The molecule has 0 N–H and O–H groups in total. The topological polar surface area (TPSA) is 59.5 Å². The number of hydrogen-bond donors (Lipinski definition) is 0. The van der Waals surface area contributed by atoms with Crippen LogP contribution in [0.4, 0.5) is 0 Å². The Morgan fingerprint density at radius 3 is 2.57 bits per heavy atom. The van der Waals surface area contributed by atoms with Crippen molar-refractivity contribution in [3.8, 4) is 5.75 Å². The zero-order valence-electron chi connectivity index (χ0n) is 12.8. The summed E-state index contributed by atoms with van der Waals surface area (Å²) in [6, 6.07) is 12.9. The number of ether oxygens (including phenoxy) is 1. The fourth-order valence-electron chi connectivity index (χ4n) is 2.42. The third-order valence-corrected chi connectivity index (χ3v) is 5.67. The van der Waals surface area contributed by atoms with Gasteiger partial charge in [0.15, 0.2) is 0 Å². The van der Waals surface area contributed by atoms with E-state index in [2.05, 4.69) is 4.98 Å². The lowest BCUT2D eigenvalue weighted by atomic mass is 10.3. The van der Waals surface area contributed by atoms with E-state index in [0.717, 1.165) is 18.6 Å². The Morgan fingerprint density at radius 1 is 1.13 bits per heavy atom. The largest absolute Gasteiger partial charge is 0.494 e. The Kier molecular flexibility index (Phi) is 4.93. The Balaban J connectivity index is 1.59. The average Bonchev–Trinajstić information content (AvgIpc) is 3.41.